The van der Waals surface area contributed by atoms with Gasteiger partial charge in [-0.25, -0.2) is 0 Å². The smallest absolute Gasteiger partial charge is 0.326 e. The number of ether oxygens (including phenoxy) is 2. The van der Waals surface area contributed by atoms with Gasteiger partial charge in [-0.1, -0.05) is 48.5 Å². The highest BCUT2D eigenvalue weighted by Crippen LogP contribution is 2.22. The molecular formula is C23H26N2O5. The summed E-state index contributed by atoms with van der Waals surface area (Å²) in [6, 6.07) is 17.8. The number of hydrogen-bond donors (Lipinski definition) is 1. The summed E-state index contributed by atoms with van der Waals surface area (Å²) in [6.07, 6.45) is 1.96. The zero-order valence-electron chi connectivity index (χ0n) is 16.8. The second-order valence-corrected chi connectivity index (χ2v) is 7.04. The van der Waals surface area contributed by atoms with Gasteiger partial charge in [-0.2, -0.15) is 0 Å². The number of para-hydroxylation sites is 1. The molecule has 3 rings (SSSR count). The first-order valence-electron chi connectivity index (χ1n) is 10.1. The molecule has 1 aliphatic rings. The van der Waals surface area contributed by atoms with Crippen molar-refractivity contribution in [3.8, 4) is 5.75 Å². The fraction of sp³-hybridized carbons (Fsp3) is 0.348. The number of hydrogen-bond acceptors (Lipinski definition) is 5. The van der Waals surface area contributed by atoms with Crippen LogP contribution in [-0.2, 0) is 19.1 Å². The van der Waals surface area contributed by atoms with Crippen molar-refractivity contribution in [2.24, 2.45) is 0 Å². The molecule has 1 fully saturated rings. The summed E-state index contributed by atoms with van der Waals surface area (Å²) >= 11 is 0. The second-order valence-electron chi connectivity index (χ2n) is 7.04. The quantitative estimate of drug-likeness (QED) is 0.676. The molecule has 0 aliphatic carbocycles. The fourth-order valence-corrected chi connectivity index (χ4v) is 3.23. The Balaban J connectivity index is 1.53. The second kappa shape index (κ2) is 11.0. The van der Waals surface area contributed by atoms with E-state index < -0.39 is 18.0 Å². The van der Waals surface area contributed by atoms with Gasteiger partial charge in [0, 0.05) is 18.7 Å². The highest BCUT2D eigenvalue weighted by Gasteiger charge is 2.30. The van der Waals surface area contributed by atoms with Crippen LogP contribution < -0.4 is 10.1 Å². The molecule has 0 aromatic heterocycles. The molecule has 1 aliphatic heterocycles. The first-order chi connectivity index (χ1) is 14.6. The molecule has 158 valence electrons. The van der Waals surface area contributed by atoms with E-state index in [9.17, 15) is 14.4 Å². The number of esters is 1. The third kappa shape index (κ3) is 6.34. The molecule has 1 heterocycles. The Labute approximate surface area is 176 Å². The van der Waals surface area contributed by atoms with Gasteiger partial charge in [-0.15, -0.1) is 0 Å². The average molecular weight is 410 g/mol. The van der Waals surface area contributed by atoms with Crippen LogP contribution in [0.5, 0.6) is 5.75 Å². The molecule has 2 aromatic carbocycles. The Hall–Kier alpha value is -3.35. The maximum Gasteiger partial charge on any atom is 0.326 e. The van der Waals surface area contributed by atoms with Crippen molar-refractivity contribution in [2.75, 3.05) is 26.2 Å². The minimum absolute atomic E-state index is 0.216. The summed E-state index contributed by atoms with van der Waals surface area (Å²) in [5, 5.41) is 2.46. The number of rotatable bonds is 8. The van der Waals surface area contributed by atoms with Crippen molar-refractivity contribution in [3.05, 3.63) is 66.2 Å². The average Bonchev–Trinajstić information content (AvgIpc) is 2.81. The minimum atomic E-state index is -1.02. The number of carbonyl (C=O) groups is 3. The highest BCUT2D eigenvalue weighted by atomic mass is 16.5. The molecule has 0 unspecified atom stereocenters. The Morgan fingerprint density at radius 1 is 0.900 bits per heavy atom. The lowest BCUT2D eigenvalue weighted by atomic mass is 10.1. The van der Waals surface area contributed by atoms with Gasteiger partial charge in [-0.05, 0) is 31.4 Å². The van der Waals surface area contributed by atoms with Crippen LogP contribution in [0.3, 0.4) is 0 Å². The minimum Gasteiger partial charge on any atom is -0.484 e. The molecule has 0 bridgehead atoms. The predicted molar refractivity (Wildman–Crippen MR) is 111 cm³/mol. The van der Waals surface area contributed by atoms with Crippen LogP contribution >= 0.6 is 0 Å². The van der Waals surface area contributed by atoms with Crippen LogP contribution in [0.25, 0.3) is 0 Å². The molecular weight excluding hydrogens is 384 g/mol. The normalized spacial score (nSPS) is 14.5. The SMILES string of the molecule is O=C(COc1ccccc1)NCC(=O)O[C@@H](C(=O)N1CCCCC1)c1ccccc1. The summed E-state index contributed by atoms with van der Waals surface area (Å²) in [4.78, 5) is 39.0. The van der Waals surface area contributed by atoms with Gasteiger partial charge >= 0.3 is 5.97 Å². The third-order valence-corrected chi connectivity index (χ3v) is 4.79. The lowest BCUT2D eigenvalue weighted by molar-refractivity contribution is -0.161. The van der Waals surface area contributed by atoms with Crippen LogP contribution in [0.2, 0.25) is 0 Å². The largest absolute Gasteiger partial charge is 0.484 e. The van der Waals surface area contributed by atoms with Gasteiger partial charge in [0.15, 0.2) is 6.61 Å². The van der Waals surface area contributed by atoms with Crippen molar-refractivity contribution in [3.63, 3.8) is 0 Å². The monoisotopic (exact) mass is 410 g/mol. The number of benzene rings is 2. The van der Waals surface area contributed by atoms with Gasteiger partial charge in [-0.3, -0.25) is 14.4 Å². The van der Waals surface area contributed by atoms with Crippen molar-refractivity contribution in [1.29, 1.82) is 0 Å². The van der Waals surface area contributed by atoms with Crippen molar-refractivity contribution in [1.82, 2.24) is 10.2 Å². The highest BCUT2D eigenvalue weighted by molar-refractivity contribution is 5.87. The molecule has 1 N–H and O–H groups in total. The number of nitrogens with zero attached hydrogens (tertiary/aromatic N) is 1. The Bertz CT molecular complexity index is 835. The maximum absolute atomic E-state index is 13.0. The first-order valence-corrected chi connectivity index (χ1v) is 10.1. The molecule has 7 nitrogen and oxygen atoms in total. The Morgan fingerprint density at radius 2 is 1.53 bits per heavy atom. The van der Waals surface area contributed by atoms with Crippen molar-refractivity contribution < 1.29 is 23.9 Å². The molecule has 30 heavy (non-hydrogen) atoms. The maximum atomic E-state index is 13.0. The van der Waals surface area contributed by atoms with E-state index in [2.05, 4.69) is 5.32 Å². The molecule has 2 amide bonds. The number of amides is 2. The van der Waals surface area contributed by atoms with E-state index in [1.165, 1.54) is 0 Å². The number of carbonyl (C=O) groups excluding carboxylic acids is 3. The summed E-state index contributed by atoms with van der Waals surface area (Å²) in [5.74, 6) is -0.795. The van der Waals surface area contributed by atoms with E-state index in [0.717, 1.165) is 19.3 Å². The van der Waals surface area contributed by atoms with Gasteiger partial charge in [0.1, 0.15) is 12.3 Å². The molecule has 0 spiro atoms. The Morgan fingerprint density at radius 3 is 2.20 bits per heavy atom. The van der Waals surface area contributed by atoms with E-state index in [4.69, 9.17) is 9.47 Å². The van der Waals surface area contributed by atoms with Gasteiger partial charge in [0.2, 0.25) is 6.10 Å². The van der Waals surface area contributed by atoms with E-state index in [-0.39, 0.29) is 19.1 Å². The van der Waals surface area contributed by atoms with Gasteiger partial charge < -0.3 is 19.7 Å². The zero-order chi connectivity index (χ0) is 21.2. The van der Waals surface area contributed by atoms with Crippen LogP contribution in [-0.4, -0.2) is 48.9 Å². The zero-order valence-corrected chi connectivity index (χ0v) is 16.8. The van der Waals surface area contributed by atoms with E-state index in [0.29, 0.717) is 24.4 Å². The first kappa shape index (κ1) is 21.4. The molecule has 7 heteroatoms. The lowest BCUT2D eigenvalue weighted by Gasteiger charge is -2.30. The standard InChI is InChI=1S/C23H26N2O5/c26-20(17-29-19-12-6-2-7-13-19)24-16-21(27)30-22(18-10-4-1-5-11-18)23(28)25-14-8-3-9-15-25/h1-2,4-7,10-13,22H,3,8-9,14-17H2,(H,24,26)/t22-/m1/s1. The molecule has 1 atom stereocenters. The third-order valence-electron chi connectivity index (χ3n) is 4.79. The fourth-order valence-electron chi connectivity index (χ4n) is 3.23. The van der Waals surface area contributed by atoms with E-state index >= 15 is 0 Å². The molecule has 0 radical (unpaired) electrons. The van der Waals surface area contributed by atoms with Crippen LogP contribution in [0.15, 0.2) is 60.7 Å². The number of nitrogens with one attached hydrogen (secondary N) is 1. The Kier molecular flexibility index (Phi) is 7.83. The van der Waals surface area contributed by atoms with Crippen LogP contribution in [0, 0.1) is 0 Å². The van der Waals surface area contributed by atoms with Gasteiger partial charge in [0.05, 0.1) is 0 Å². The number of likely N-dealkylation sites (tertiary alicyclic amines) is 1. The van der Waals surface area contributed by atoms with Gasteiger partial charge in [0.25, 0.3) is 11.8 Å². The summed E-state index contributed by atoms with van der Waals surface area (Å²) in [5.41, 5.74) is 0.611. The summed E-state index contributed by atoms with van der Waals surface area (Å²) in [7, 11) is 0. The van der Waals surface area contributed by atoms with Crippen LogP contribution in [0.1, 0.15) is 30.9 Å². The number of piperidine rings is 1. The van der Waals surface area contributed by atoms with E-state index in [1.54, 1.807) is 53.4 Å². The van der Waals surface area contributed by atoms with Crippen LogP contribution in [0.4, 0.5) is 0 Å². The summed E-state index contributed by atoms with van der Waals surface area (Å²) < 4.78 is 10.8. The summed E-state index contributed by atoms with van der Waals surface area (Å²) in [6.45, 7) is 0.764. The molecule has 0 saturated carbocycles. The lowest BCUT2D eigenvalue weighted by Crippen LogP contribution is -2.41. The molecule has 1 saturated heterocycles. The van der Waals surface area contributed by atoms with Crippen molar-refractivity contribution >= 4 is 17.8 Å². The predicted octanol–water partition coefficient (Wildman–Crippen LogP) is 2.48. The van der Waals surface area contributed by atoms with E-state index in [1.807, 2.05) is 12.1 Å². The topological polar surface area (TPSA) is 84.9 Å². The van der Waals surface area contributed by atoms with Crippen molar-refractivity contribution in [2.45, 2.75) is 25.4 Å². The molecule has 2 aromatic rings.